The zero-order chi connectivity index (χ0) is 37.7. The fraction of sp³-hybridized carbons (Fsp3) is 0.833. The van der Waals surface area contributed by atoms with E-state index < -0.39 is 0 Å². The Kier molecular flexibility index (Phi) is 28.0. The molecular formula is C42H78N2O7. The summed E-state index contributed by atoms with van der Waals surface area (Å²) >= 11 is 0. The molecule has 3 atom stereocenters. The second kappa shape index (κ2) is 30.4. The van der Waals surface area contributed by atoms with Gasteiger partial charge < -0.3 is 33.7 Å². The normalized spacial score (nSPS) is 15.4. The lowest BCUT2D eigenvalue weighted by molar-refractivity contribution is -0.145. The number of aliphatic hydroxyl groups excluding tert-OH is 1. The van der Waals surface area contributed by atoms with Gasteiger partial charge in [0.1, 0.15) is 6.61 Å². The van der Waals surface area contributed by atoms with Crippen molar-refractivity contribution in [3.63, 3.8) is 0 Å². The van der Waals surface area contributed by atoms with Crippen LogP contribution in [0.2, 0.25) is 0 Å². The number of ether oxygens (including phenoxy) is 5. The molecule has 1 aromatic rings. The van der Waals surface area contributed by atoms with Crippen LogP contribution in [-0.2, 0) is 20.9 Å². The Morgan fingerprint density at radius 3 is 1.82 bits per heavy atom. The molecule has 9 nitrogen and oxygen atoms in total. The van der Waals surface area contributed by atoms with E-state index in [0.29, 0.717) is 74.5 Å². The molecule has 2 rings (SSSR count). The maximum atomic E-state index is 12.9. The van der Waals surface area contributed by atoms with Gasteiger partial charge in [-0.15, -0.1) is 0 Å². The molecule has 0 amide bonds. The van der Waals surface area contributed by atoms with Gasteiger partial charge in [-0.3, -0.25) is 9.69 Å². The summed E-state index contributed by atoms with van der Waals surface area (Å²) in [6.07, 6.45) is 11.4. The van der Waals surface area contributed by atoms with Crippen molar-refractivity contribution in [3.05, 3.63) is 17.7 Å². The molecule has 3 unspecified atom stereocenters. The van der Waals surface area contributed by atoms with Crippen molar-refractivity contribution < 1.29 is 33.6 Å². The summed E-state index contributed by atoms with van der Waals surface area (Å²) in [4.78, 5) is 17.7. The van der Waals surface area contributed by atoms with Gasteiger partial charge >= 0.3 is 5.97 Å². The Balaban J connectivity index is 0.00000638. The SMILES string of the molecule is CC.CCCCC(CC)COc1cc(COC(=O)CCCN2CCN(CCOCCO)CC2)cc(OCC(C)CC)c1OCC(CC)CCCC. The summed E-state index contributed by atoms with van der Waals surface area (Å²) < 4.78 is 30.8. The van der Waals surface area contributed by atoms with E-state index in [1.54, 1.807) is 0 Å². The van der Waals surface area contributed by atoms with E-state index in [1.807, 2.05) is 26.0 Å². The molecule has 0 aromatic heterocycles. The van der Waals surface area contributed by atoms with Gasteiger partial charge in [0.05, 0.1) is 39.6 Å². The molecule has 0 radical (unpaired) electrons. The Hall–Kier alpha value is -2.07. The molecule has 0 aliphatic carbocycles. The van der Waals surface area contributed by atoms with Crippen molar-refractivity contribution in [2.75, 3.05) is 78.9 Å². The van der Waals surface area contributed by atoms with E-state index in [0.717, 1.165) is 83.4 Å². The molecule has 0 spiro atoms. The summed E-state index contributed by atoms with van der Waals surface area (Å²) in [5.41, 5.74) is 0.855. The van der Waals surface area contributed by atoms with Gasteiger partial charge in [0.2, 0.25) is 5.75 Å². The number of nitrogens with zero attached hydrogens (tertiary/aromatic N) is 2. The van der Waals surface area contributed by atoms with Gasteiger partial charge in [-0.1, -0.05) is 100 Å². The number of unbranched alkanes of at least 4 members (excludes halogenated alkanes) is 2. The molecule has 9 heteroatoms. The average Bonchev–Trinajstić information content (AvgIpc) is 3.16. The van der Waals surface area contributed by atoms with Crippen LogP contribution < -0.4 is 14.2 Å². The number of carbonyl (C=O) groups excluding carboxylic acids is 1. The molecule has 0 saturated carbocycles. The van der Waals surface area contributed by atoms with Crippen LogP contribution in [0.25, 0.3) is 0 Å². The fourth-order valence-electron chi connectivity index (χ4n) is 5.91. The highest BCUT2D eigenvalue weighted by atomic mass is 16.5. The van der Waals surface area contributed by atoms with Crippen LogP contribution in [0.3, 0.4) is 0 Å². The molecule has 298 valence electrons. The highest BCUT2D eigenvalue weighted by Crippen LogP contribution is 2.40. The summed E-state index contributed by atoms with van der Waals surface area (Å²) in [5.74, 6) is 3.21. The minimum Gasteiger partial charge on any atom is -0.489 e. The predicted molar refractivity (Wildman–Crippen MR) is 210 cm³/mol. The number of aliphatic hydroxyl groups is 1. The fourth-order valence-corrected chi connectivity index (χ4v) is 5.91. The third-order valence-electron chi connectivity index (χ3n) is 9.83. The smallest absolute Gasteiger partial charge is 0.306 e. The second-order valence-corrected chi connectivity index (χ2v) is 14.0. The van der Waals surface area contributed by atoms with E-state index in [1.165, 1.54) is 25.7 Å². The Labute approximate surface area is 313 Å². The maximum absolute atomic E-state index is 12.9. The zero-order valence-corrected chi connectivity index (χ0v) is 34.1. The lowest BCUT2D eigenvalue weighted by Gasteiger charge is -2.34. The minimum atomic E-state index is -0.183. The van der Waals surface area contributed by atoms with E-state index in [-0.39, 0.29) is 19.2 Å². The third-order valence-corrected chi connectivity index (χ3v) is 9.83. The molecule has 51 heavy (non-hydrogen) atoms. The van der Waals surface area contributed by atoms with E-state index in [9.17, 15) is 4.79 Å². The first-order valence-electron chi connectivity index (χ1n) is 20.7. The van der Waals surface area contributed by atoms with E-state index >= 15 is 0 Å². The lowest BCUT2D eigenvalue weighted by atomic mass is 10.0. The average molecular weight is 723 g/mol. The molecule has 1 heterocycles. The Bertz CT molecular complexity index is 986. The molecule has 1 saturated heterocycles. The minimum absolute atomic E-state index is 0.0676. The standard InChI is InChI=1S/C40H72N2O7.C2H6/c1-7-12-15-34(10-4)30-47-38-28-36(27-37(46-29-33(6)9-3)40(38)49-31-35(11-5)16-13-8-2)32-48-39(44)17-14-18-41-19-21-42(22-20-41)23-25-45-26-24-43;1-2/h27-28,33-35,43H,7-26,29-32H2,1-6H3;1-2H3. The highest BCUT2D eigenvalue weighted by Gasteiger charge is 2.21. The summed E-state index contributed by atoms with van der Waals surface area (Å²) in [6.45, 7) is 26.2. The number of esters is 1. The van der Waals surface area contributed by atoms with Gasteiger partial charge in [-0.2, -0.15) is 0 Å². The first kappa shape index (κ1) is 47.0. The van der Waals surface area contributed by atoms with Crippen LogP contribution in [0.4, 0.5) is 0 Å². The van der Waals surface area contributed by atoms with Crippen molar-refractivity contribution in [2.45, 2.75) is 133 Å². The van der Waals surface area contributed by atoms with Crippen LogP contribution in [0.5, 0.6) is 17.2 Å². The van der Waals surface area contributed by atoms with Crippen LogP contribution >= 0.6 is 0 Å². The number of piperazine rings is 1. The largest absolute Gasteiger partial charge is 0.489 e. The first-order valence-corrected chi connectivity index (χ1v) is 20.7. The van der Waals surface area contributed by atoms with Crippen LogP contribution in [0, 0.1) is 17.8 Å². The van der Waals surface area contributed by atoms with Crippen molar-refractivity contribution in [1.29, 1.82) is 0 Å². The van der Waals surface area contributed by atoms with Crippen LogP contribution in [0.1, 0.15) is 132 Å². The van der Waals surface area contributed by atoms with Crippen LogP contribution in [0.15, 0.2) is 12.1 Å². The number of hydrogen-bond acceptors (Lipinski definition) is 9. The molecule has 1 aliphatic rings. The maximum Gasteiger partial charge on any atom is 0.306 e. The molecule has 1 fully saturated rings. The molecule has 1 N–H and O–H groups in total. The molecule has 1 aromatic carbocycles. The van der Waals surface area contributed by atoms with Crippen molar-refractivity contribution >= 4 is 5.97 Å². The zero-order valence-electron chi connectivity index (χ0n) is 34.1. The second-order valence-electron chi connectivity index (χ2n) is 14.0. The quantitative estimate of drug-likeness (QED) is 0.0644. The summed E-state index contributed by atoms with van der Waals surface area (Å²) in [7, 11) is 0. The lowest BCUT2D eigenvalue weighted by Crippen LogP contribution is -2.47. The number of carbonyl (C=O) groups is 1. The number of rotatable bonds is 29. The Morgan fingerprint density at radius 2 is 1.29 bits per heavy atom. The Morgan fingerprint density at radius 1 is 0.745 bits per heavy atom. The molecule has 0 bridgehead atoms. The van der Waals surface area contributed by atoms with Crippen molar-refractivity contribution in [2.24, 2.45) is 17.8 Å². The number of benzene rings is 1. The first-order chi connectivity index (χ1) is 24.9. The molecular weight excluding hydrogens is 644 g/mol. The number of hydrogen-bond donors (Lipinski definition) is 1. The summed E-state index contributed by atoms with van der Waals surface area (Å²) in [6, 6.07) is 3.97. The monoisotopic (exact) mass is 723 g/mol. The van der Waals surface area contributed by atoms with Gasteiger partial charge in [-0.05, 0) is 61.3 Å². The highest BCUT2D eigenvalue weighted by molar-refractivity contribution is 5.69. The van der Waals surface area contributed by atoms with Gasteiger partial charge in [0.15, 0.2) is 11.5 Å². The van der Waals surface area contributed by atoms with E-state index in [4.69, 9.17) is 28.8 Å². The predicted octanol–water partition coefficient (Wildman–Crippen LogP) is 8.78. The van der Waals surface area contributed by atoms with Gasteiger partial charge in [0.25, 0.3) is 0 Å². The topological polar surface area (TPSA) is 89.9 Å². The van der Waals surface area contributed by atoms with Gasteiger partial charge in [0, 0.05) is 39.1 Å². The summed E-state index contributed by atoms with van der Waals surface area (Å²) in [5, 5.41) is 8.86. The van der Waals surface area contributed by atoms with Gasteiger partial charge in [-0.25, -0.2) is 0 Å². The molecule has 1 aliphatic heterocycles. The van der Waals surface area contributed by atoms with Crippen LogP contribution in [-0.4, -0.2) is 99.8 Å². The third kappa shape index (κ3) is 20.7. The van der Waals surface area contributed by atoms with Crippen molar-refractivity contribution in [3.8, 4) is 17.2 Å². The van der Waals surface area contributed by atoms with E-state index in [2.05, 4.69) is 51.3 Å². The van der Waals surface area contributed by atoms with Crippen molar-refractivity contribution in [1.82, 2.24) is 9.80 Å².